The van der Waals surface area contributed by atoms with Crippen LogP contribution in [0.2, 0.25) is 0 Å². The smallest absolute Gasteiger partial charge is 0.191 e. The summed E-state index contributed by atoms with van der Waals surface area (Å²) in [6.07, 6.45) is 0. The molecule has 0 aliphatic carbocycles. The molecule has 1 rings (SSSR count). The first-order chi connectivity index (χ1) is 8.13. The molecule has 1 aromatic rings. The number of sulfone groups is 1. The molecule has 0 atom stereocenters. The van der Waals surface area contributed by atoms with Crippen LogP contribution in [-0.2, 0) is 21.8 Å². The van der Waals surface area contributed by atoms with Crippen LogP contribution in [0.3, 0.4) is 0 Å². The molecule has 0 radical (unpaired) electrons. The van der Waals surface area contributed by atoms with Gasteiger partial charge < -0.3 is 10.8 Å². The van der Waals surface area contributed by atoms with Crippen LogP contribution in [0.15, 0.2) is 17.0 Å². The van der Waals surface area contributed by atoms with Gasteiger partial charge in [-0.05, 0) is 17.0 Å². The van der Waals surface area contributed by atoms with E-state index in [4.69, 9.17) is 5.73 Å². The van der Waals surface area contributed by atoms with Gasteiger partial charge in [-0.25, -0.2) is 8.42 Å². The molecule has 0 saturated heterocycles. The standard InChI is InChI=1S/C12H18INO3S/c1-12(2,3)9-4-8(6-14)11(15)10(5-9)18(16,17)7-13/h4-5,15H,6-7,14H2,1-3H3. The SMILES string of the molecule is CC(C)(C)c1cc(CN)c(O)c(S(=O)(=O)CI)c1. The van der Waals surface area contributed by atoms with Gasteiger partial charge in [0.25, 0.3) is 0 Å². The molecule has 4 nitrogen and oxygen atoms in total. The number of halogens is 1. The Hall–Kier alpha value is -0.340. The summed E-state index contributed by atoms with van der Waals surface area (Å²) in [4.78, 5) is -0.0234. The molecular formula is C12H18INO3S. The molecule has 0 unspecified atom stereocenters. The molecule has 1 aromatic carbocycles. The first-order valence-corrected chi connectivity index (χ1v) is 8.66. The lowest BCUT2D eigenvalue weighted by Crippen LogP contribution is -2.15. The minimum atomic E-state index is -3.46. The van der Waals surface area contributed by atoms with Crippen molar-refractivity contribution in [2.24, 2.45) is 5.73 Å². The predicted molar refractivity (Wildman–Crippen MR) is 80.8 cm³/mol. The Morgan fingerprint density at radius 2 is 1.89 bits per heavy atom. The van der Waals surface area contributed by atoms with Crippen molar-refractivity contribution in [3.8, 4) is 5.75 Å². The first kappa shape index (κ1) is 15.7. The molecule has 0 aliphatic heterocycles. The highest BCUT2D eigenvalue weighted by atomic mass is 127. The molecule has 0 fully saturated rings. The predicted octanol–water partition coefficient (Wildman–Crippen LogP) is 2.31. The van der Waals surface area contributed by atoms with Gasteiger partial charge in [-0.15, -0.1) is 0 Å². The fraction of sp³-hybridized carbons (Fsp3) is 0.500. The number of benzene rings is 1. The summed E-state index contributed by atoms with van der Waals surface area (Å²) in [5, 5.41) is 9.98. The monoisotopic (exact) mass is 383 g/mol. The van der Waals surface area contributed by atoms with Crippen molar-refractivity contribution in [2.45, 2.75) is 37.6 Å². The summed E-state index contributed by atoms with van der Waals surface area (Å²) in [5.74, 6) is -0.220. The largest absolute Gasteiger partial charge is 0.506 e. The van der Waals surface area contributed by atoms with Crippen molar-refractivity contribution < 1.29 is 13.5 Å². The van der Waals surface area contributed by atoms with Crippen molar-refractivity contribution in [2.75, 3.05) is 3.76 Å². The normalized spacial score (nSPS) is 12.7. The molecular weight excluding hydrogens is 365 g/mol. The molecule has 0 spiro atoms. The van der Waals surface area contributed by atoms with Crippen molar-refractivity contribution in [3.63, 3.8) is 0 Å². The van der Waals surface area contributed by atoms with Crippen LogP contribution in [0.1, 0.15) is 31.9 Å². The van der Waals surface area contributed by atoms with Gasteiger partial charge in [0.05, 0.1) is 0 Å². The molecule has 3 N–H and O–H groups in total. The maximum Gasteiger partial charge on any atom is 0.191 e. The third kappa shape index (κ3) is 3.16. The number of aromatic hydroxyl groups is 1. The van der Waals surface area contributed by atoms with Gasteiger partial charge in [0, 0.05) is 12.1 Å². The van der Waals surface area contributed by atoms with Crippen molar-refractivity contribution in [1.82, 2.24) is 0 Å². The second kappa shape index (κ2) is 5.34. The fourth-order valence-corrected chi connectivity index (χ4v) is 3.41. The number of rotatable bonds is 3. The first-order valence-electron chi connectivity index (χ1n) is 5.48. The van der Waals surface area contributed by atoms with Gasteiger partial charge in [-0.2, -0.15) is 0 Å². The van der Waals surface area contributed by atoms with E-state index in [1.54, 1.807) is 34.7 Å². The Morgan fingerprint density at radius 3 is 2.28 bits per heavy atom. The van der Waals surface area contributed by atoms with Crippen LogP contribution < -0.4 is 5.73 Å². The van der Waals surface area contributed by atoms with E-state index in [1.807, 2.05) is 20.8 Å². The molecule has 0 aliphatic rings. The number of alkyl halides is 1. The van der Waals surface area contributed by atoms with Gasteiger partial charge in [0.2, 0.25) is 0 Å². The Balaban J connectivity index is 3.62. The lowest BCUT2D eigenvalue weighted by Gasteiger charge is -2.22. The summed E-state index contributed by atoms with van der Waals surface area (Å²) in [6.45, 7) is 6.07. The van der Waals surface area contributed by atoms with Crippen molar-refractivity contribution in [3.05, 3.63) is 23.3 Å². The lowest BCUT2D eigenvalue weighted by atomic mass is 9.86. The number of nitrogens with two attached hydrogens (primary N) is 1. The average molecular weight is 383 g/mol. The molecule has 0 saturated carbocycles. The lowest BCUT2D eigenvalue weighted by molar-refractivity contribution is 0.450. The second-order valence-corrected chi connectivity index (χ2v) is 8.92. The van der Waals surface area contributed by atoms with E-state index in [1.165, 1.54) is 0 Å². The highest BCUT2D eigenvalue weighted by molar-refractivity contribution is 14.1. The zero-order chi connectivity index (χ0) is 14.1. The van der Waals surface area contributed by atoms with E-state index in [-0.39, 0.29) is 26.4 Å². The number of hydrogen-bond donors (Lipinski definition) is 2. The van der Waals surface area contributed by atoms with E-state index >= 15 is 0 Å². The molecule has 6 heteroatoms. The Bertz CT molecular complexity index is 547. The quantitative estimate of drug-likeness (QED) is 0.620. The van der Waals surface area contributed by atoms with Gasteiger partial charge in [-0.3, -0.25) is 0 Å². The minimum Gasteiger partial charge on any atom is -0.506 e. The molecule has 102 valence electrons. The third-order valence-corrected chi connectivity index (χ3v) is 6.45. The van der Waals surface area contributed by atoms with Crippen LogP contribution in [0, 0.1) is 0 Å². The summed E-state index contributed by atoms with van der Waals surface area (Å²) in [7, 11) is -3.46. The van der Waals surface area contributed by atoms with Crippen molar-refractivity contribution in [1.29, 1.82) is 0 Å². The Kier molecular flexibility index (Phi) is 4.66. The van der Waals surface area contributed by atoms with Crippen molar-refractivity contribution >= 4 is 32.4 Å². The third-order valence-electron chi connectivity index (χ3n) is 2.72. The number of phenolic OH excluding ortho intramolecular Hbond substituents is 1. The summed E-state index contributed by atoms with van der Waals surface area (Å²) >= 11 is 1.78. The van der Waals surface area contributed by atoms with Gasteiger partial charge in [-0.1, -0.05) is 49.4 Å². The fourth-order valence-electron chi connectivity index (χ4n) is 1.55. The van der Waals surface area contributed by atoms with Crippen LogP contribution in [-0.4, -0.2) is 17.3 Å². The minimum absolute atomic E-state index is 0.0234. The molecule has 0 amide bonds. The average Bonchev–Trinajstić information content (AvgIpc) is 2.27. The maximum absolute atomic E-state index is 12.0. The molecule has 0 heterocycles. The van der Waals surface area contributed by atoms with E-state index in [9.17, 15) is 13.5 Å². The Labute approximate surface area is 122 Å². The van der Waals surface area contributed by atoms with E-state index in [0.717, 1.165) is 5.56 Å². The van der Waals surface area contributed by atoms with Gasteiger partial charge >= 0.3 is 0 Å². The van der Waals surface area contributed by atoms with Crippen LogP contribution in [0.25, 0.3) is 0 Å². The molecule has 18 heavy (non-hydrogen) atoms. The highest BCUT2D eigenvalue weighted by Gasteiger charge is 2.24. The summed E-state index contributed by atoms with van der Waals surface area (Å²) in [6, 6.07) is 3.31. The second-order valence-electron chi connectivity index (χ2n) is 5.16. The summed E-state index contributed by atoms with van der Waals surface area (Å²) < 4.78 is 23.8. The van der Waals surface area contributed by atoms with Crippen LogP contribution in [0.4, 0.5) is 0 Å². The molecule has 0 bridgehead atoms. The van der Waals surface area contributed by atoms with Gasteiger partial charge in [0.1, 0.15) is 14.4 Å². The zero-order valence-corrected chi connectivity index (χ0v) is 13.7. The van der Waals surface area contributed by atoms with Gasteiger partial charge in [0.15, 0.2) is 9.84 Å². The number of hydrogen-bond acceptors (Lipinski definition) is 4. The molecule has 0 aromatic heterocycles. The van der Waals surface area contributed by atoms with E-state index < -0.39 is 9.84 Å². The topological polar surface area (TPSA) is 80.4 Å². The van der Waals surface area contributed by atoms with E-state index in [2.05, 4.69) is 0 Å². The maximum atomic E-state index is 12.0. The summed E-state index contributed by atoms with van der Waals surface area (Å²) in [5.41, 5.74) is 6.67. The van der Waals surface area contributed by atoms with Crippen LogP contribution >= 0.6 is 22.6 Å². The Morgan fingerprint density at radius 1 is 1.33 bits per heavy atom. The number of phenols is 1. The van der Waals surface area contributed by atoms with E-state index in [0.29, 0.717) is 5.56 Å². The highest BCUT2D eigenvalue weighted by Crippen LogP contribution is 2.34. The zero-order valence-electron chi connectivity index (χ0n) is 10.7. The van der Waals surface area contributed by atoms with Crippen LogP contribution in [0.5, 0.6) is 5.75 Å².